The first-order valence-corrected chi connectivity index (χ1v) is 9.71. The Labute approximate surface area is 166 Å². The van der Waals surface area contributed by atoms with E-state index in [9.17, 15) is 9.59 Å². The van der Waals surface area contributed by atoms with Crippen LogP contribution in [0.5, 0.6) is 5.75 Å². The van der Waals surface area contributed by atoms with E-state index in [2.05, 4.69) is 11.9 Å². The Kier molecular flexibility index (Phi) is 6.02. The number of carbonyl (C=O) groups is 2. The highest BCUT2D eigenvalue weighted by atomic mass is 16.5. The van der Waals surface area contributed by atoms with E-state index in [1.54, 1.807) is 0 Å². The SMILES string of the molecule is C=CCOC(=O)C1=C(C)NC2=C(C(=O)CCC2)[C@@H]1c1ccccc1OC(C)C. The molecule has 5 heteroatoms. The fraction of sp³-hybridized carbons (Fsp3) is 0.391. The summed E-state index contributed by atoms with van der Waals surface area (Å²) in [5.74, 6) is -0.202. The highest BCUT2D eigenvalue weighted by Gasteiger charge is 2.40. The van der Waals surface area contributed by atoms with Gasteiger partial charge in [-0.2, -0.15) is 0 Å². The number of ketones is 1. The van der Waals surface area contributed by atoms with Crippen LogP contribution in [0, 0.1) is 0 Å². The van der Waals surface area contributed by atoms with Gasteiger partial charge in [-0.05, 0) is 39.7 Å². The molecule has 3 rings (SSSR count). The molecule has 28 heavy (non-hydrogen) atoms. The van der Waals surface area contributed by atoms with Gasteiger partial charge in [-0.15, -0.1) is 0 Å². The molecule has 5 nitrogen and oxygen atoms in total. The van der Waals surface area contributed by atoms with Gasteiger partial charge in [-0.3, -0.25) is 4.79 Å². The summed E-state index contributed by atoms with van der Waals surface area (Å²) in [5, 5.41) is 3.29. The Morgan fingerprint density at radius 1 is 1.32 bits per heavy atom. The van der Waals surface area contributed by atoms with Crippen LogP contribution in [-0.4, -0.2) is 24.5 Å². The highest BCUT2D eigenvalue weighted by molar-refractivity contribution is 6.04. The van der Waals surface area contributed by atoms with Crippen LogP contribution in [0.3, 0.4) is 0 Å². The number of dihydropyridines is 1. The summed E-state index contributed by atoms with van der Waals surface area (Å²) in [7, 11) is 0. The summed E-state index contributed by atoms with van der Waals surface area (Å²) in [4.78, 5) is 25.8. The van der Waals surface area contributed by atoms with Crippen LogP contribution in [0.25, 0.3) is 0 Å². The molecular formula is C23H27NO4. The fourth-order valence-electron chi connectivity index (χ4n) is 3.86. The maximum atomic E-state index is 12.9. The van der Waals surface area contributed by atoms with Crippen molar-refractivity contribution in [2.45, 2.75) is 52.1 Å². The number of rotatable bonds is 6. The predicted molar refractivity (Wildman–Crippen MR) is 108 cm³/mol. The third-order valence-corrected chi connectivity index (χ3v) is 4.92. The molecular weight excluding hydrogens is 354 g/mol. The van der Waals surface area contributed by atoms with Gasteiger partial charge in [0.05, 0.1) is 17.6 Å². The second-order valence-corrected chi connectivity index (χ2v) is 7.36. The third-order valence-electron chi connectivity index (χ3n) is 4.92. The first-order valence-electron chi connectivity index (χ1n) is 9.71. The van der Waals surface area contributed by atoms with Crippen molar-refractivity contribution in [2.75, 3.05) is 6.61 Å². The van der Waals surface area contributed by atoms with Gasteiger partial charge in [0.15, 0.2) is 5.78 Å². The lowest BCUT2D eigenvalue weighted by atomic mass is 9.75. The molecule has 0 saturated carbocycles. The van der Waals surface area contributed by atoms with Gasteiger partial charge in [0, 0.05) is 29.0 Å². The molecule has 1 aromatic rings. The van der Waals surface area contributed by atoms with E-state index < -0.39 is 11.9 Å². The van der Waals surface area contributed by atoms with Crippen molar-refractivity contribution in [3.05, 3.63) is 65.0 Å². The van der Waals surface area contributed by atoms with Crippen LogP contribution in [0.1, 0.15) is 51.5 Å². The lowest BCUT2D eigenvalue weighted by Gasteiger charge is -2.34. The van der Waals surface area contributed by atoms with E-state index >= 15 is 0 Å². The Morgan fingerprint density at radius 2 is 2.07 bits per heavy atom. The predicted octanol–water partition coefficient (Wildman–Crippen LogP) is 4.17. The molecule has 0 spiro atoms. The number of hydrogen-bond acceptors (Lipinski definition) is 5. The molecule has 1 atom stereocenters. The van der Waals surface area contributed by atoms with Gasteiger partial charge in [-0.25, -0.2) is 4.79 Å². The summed E-state index contributed by atoms with van der Waals surface area (Å²) in [6.07, 6.45) is 3.59. The lowest BCUT2D eigenvalue weighted by Crippen LogP contribution is -2.34. The molecule has 1 N–H and O–H groups in total. The largest absolute Gasteiger partial charge is 0.491 e. The molecule has 0 bridgehead atoms. The van der Waals surface area contributed by atoms with Gasteiger partial charge in [0.2, 0.25) is 0 Å². The molecule has 2 aliphatic rings. The maximum Gasteiger partial charge on any atom is 0.337 e. The summed E-state index contributed by atoms with van der Waals surface area (Å²) in [6.45, 7) is 9.49. The van der Waals surface area contributed by atoms with Crippen LogP contribution in [0.2, 0.25) is 0 Å². The summed E-state index contributed by atoms with van der Waals surface area (Å²) in [6, 6.07) is 7.61. The number of benzene rings is 1. The van der Waals surface area contributed by atoms with Gasteiger partial charge in [-0.1, -0.05) is 30.9 Å². The molecule has 1 aromatic carbocycles. The van der Waals surface area contributed by atoms with E-state index in [0.29, 0.717) is 29.0 Å². The zero-order valence-corrected chi connectivity index (χ0v) is 16.7. The van der Waals surface area contributed by atoms with Crippen molar-refractivity contribution in [3.63, 3.8) is 0 Å². The lowest BCUT2D eigenvalue weighted by molar-refractivity contribution is -0.138. The fourth-order valence-corrected chi connectivity index (χ4v) is 3.86. The molecule has 0 amide bonds. The minimum Gasteiger partial charge on any atom is -0.491 e. The average Bonchev–Trinajstić information content (AvgIpc) is 2.65. The van der Waals surface area contributed by atoms with E-state index in [1.807, 2.05) is 45.0 Å². The topological polar surface area (TPSA) is 64.6 Å². The molecule has 0 aromatic heterocycles. The number of allylic oxidation sites excluding steroid dienone is 3. The minimum atomic E-state index is -0.503. The van der Waals surface area contributed by atoms with Crippen molar-refractivity contribution < 1.29 is 19.1 Å². The first kappa shape index (κ1) is 19.9. The summed E-state index contributed by atoms with van der Waals surface area (Å²) in [5.41, 5.74) is 3.54. The monoisotopic (exact) mass is 381 g/mol. The Morgan fingerprint density at radius 3 is 2.79 bits per heavy atom. The zero-order valence-electron chi connectivity index (χ0n) is 16.7. The number of hydrogen-bond donors (Lipinski definition) is 1. The second kappa shape index (κ2) is 8.46. The van der Waals surface area contributed by atoms with E-state index in [-0.39, 0.29) is 18.5 Å². The smallest absolute Gasteiger partial charge is 0.337 e. The van der Waals surface area contributed by atoms with Gasteiger partial charge in [0.25, 0.3) is 0 Å². The van der Waals surface area contributed by atoms with E-state index in [4.69, 9.17) is 9.47 Å². The molecule has 0 radical (unpaired) electrons. The van der Waals surface area contributed by atoms with E-state index in [0.717, 1.165) is 24.1 Å². The Bertz CT molecular complexity index is 863. The average molecular weight is 381 g/mol. The molecule has 0 unspecified atom stereocenters. The first-order chi connectivity index (χ1) is 13.4. The molecule has 1 aliphatic heterocycles. The summed E-state index contributed by atoms with van der Waals surface area (Å²) < 4.78 is 11.4. The number of carbonyl (C=O) groups excluding carboxylic acids is 2. The summed E-state index contributed by atoms with van der Waals surface area (Å²) >= 11 is 0. The Balaban J connectivity index is 2.17. The number of esters is 1. The third kappa shape index (κ3) is 3.88. The van der Waals surface area contributed by atoms with Gasteiger partial charge in [0.1, 0.15) is 12.4 Å². The zero-order chi connectivity index (χ0) is 20.3. The van der Waals surface area contributed by atoms with Gasteiger partial charge < -0.3 is 14.8 Å². The number of Topliss-reactive ketones (excluding diaryl/α,β-unsaturated/α-hetero) is 1. The molecule has 0 fully saturated rings. The van der Waals surface area contributed by atoms with Gasteiger partial charge >= 0.3 is 5.97 Å². The van der Waals surface area contributed by atoms with Crippen molar-refractivity contribution in [1.82, 2.24) is 5.32 Å². The molecule has 148 valence electrons. The quantitative estimate of drug-likeness (QED) is 0.592. The number of ether oxygens (including phenoxy) is 2. The van der Waals surface area contributed by atoms with Crippen molar-refractivity contribution in [1.29, 1.82) is 0 Å². The second-order valence-electron chi connectivity index (χ2n) is 7.36. The van der Waals surface area contributed by atoms with Crippen LogP contribution in [0.15, 0.2) is 59.5 Å². The highest BCUT2D eigenvalue weighted by Crippen LogP contribution is 2.45. The van der Waals surface area contributed by atoms with Crippen molar-refractivity contribution in [3.8, 4) is 5.75 Å². The van der Waals surface area contributed by atoms with E-state index in [1.165, 1.54) is 6.08 Å². The van der Waals surface area contributed by atoms with Crippen molar-refractivity contribution in [2.24, 2.45) is 0 Å². The molecule has 1 heterocycles. The molecule has 0 saturated heterocycles. The van der Waals surface area contributed by atoms with Crippen LogP contribution in [-0.2, 0) is 14.3 Å². The number of nitrogens with one attached hydrogen (secondary N) is 1. The normalized spacial score (nSPS) is 19.3. The van der Waals surface area contributed by atoms with Crippen LogP contribution < -0.4 is 10.1 Å². The van der Waals surface area contributed by atoms with Crippen LogP contribution in [0.4, 0.5) is 0 Å². The standard InChI is InChI=1S/C23H27NO4/c1-5-13-27-23(26)20-15(4)24-17-10-8-11-18(25)22(17)21(20)16-9-6-7-12-19(16)28-14(2)3/h5-7,9,12,14,21,24H,1,8,10-11,13H2,2-4H3/t21-/m1/s1. The van der Waals surface area contributed by atoms with Crippen LogP contribution >= 0.6 is 0 Å². The number of para-hydroxylation sites is 1. The Hall–Kier alpha value is -2.82. The van der Waals surface area contributed by atoms with Crippen molar-refractivity contribution >= 4 is 11.8 Å². The molecule has 1 aliphatic carbocycles. The maximum absolute atomic E-state index is 12.9. The minimum absolute atomic E-state index is 0.0281.